The number of hydrogen-bond donors (Lipinski definition) is 2. The molecule has 0 unspecified atom stereocenters. The van der Waals surface area contributed by atoms with Gasteiger partial charge in [0.2, 0.25) is 5.91 Å². The fourth-order valence-electron chi connectivity index (χ4n) is 1.79. The third kappa shape index (κ3) is 4.71. The second-order valence-electron chi connectivity index (χ2n) is 4.55. The molecular weight excluding hydrogens is 337 g/mol. The molecule has 2 N–H and O–H groups in total. The van der Waals surface area contributed by atoms with Crippen molar-refractivity contribution in [3.63, 3.8) is 0 Å². The first-order valence-electron chi connectivity index (χ1n) is 6.53. The highest BCUT2D eigenvalue weighted by Gasteiger charge is 2.09. The predicted octanol–water partition coefficient (Wildman–Crippen LogP) is 4.10. The maximum absolute atomic E-state index is 12.2. The minimum atomic E-state index is -0.416. The number of anilines is 2. The summed E-state index contributed by atoms with van der Waals surface area (Å²) in [6, 6.07) is 12.9. The van der Waals surface area contributed by atoms with Crippen molar-refractivity contribution in [3.8, 4) is 6.07 Å². The average molecular weight is 348 g/mol. The minimum Gasteiger partial charge on any atom is -0.325 e. The molecular formula is C16H11Cl2N3O2. The standard InChI is InChI=1S/C16H11Cl2N3O2/c17-13-5-4-10(8-14(13)18)16(23)21-12-3-1-2-11(9-12)20-15(22)6-7-19/h1-5,8-9H,6H2,(H,20,22)(H,21,23). The van der Waals surface area contributed by atoms with Crippen molar-refractivity contribution in [2.24, 2.45) is 0 Å². The van der Waals surface area contributed by atoms with E-state index in [0.717, 1.165) is 0 Å². The number of nitriles is 1. The number of hydrogen-bond acceptors (Lipinski definition) is 3. The Morgan fingerprint density at radius 2 is 1.70 bits per heavy atom. The second-order valence-corrected chi connectivity index (χ2v) is 5.36. The van der Waals surface area contributed by atoms with Gasteiger partial charge in [0.25, 0.3) is 5.91 Å². The van der Waals surface area contributed by atoms with E-state index in [4.69, 9.17) is 28.5 Å². The summed E-state index contributed by atoms with van der Waals surface area (Å²) < 4.78 is 0. The van der Waals surface area contributed by atoms with Crippen LogP contribution in [0.3, 0.4) is 0 Å². The van der Waals surface area contributed by atoms with E-state index in [1.54, 1.807) is 36.4 Å². The van der Waals surface area contributed by atoms with Crippen molar-refractivity contribution in [2.45, 2.75) is 6.42 Å². The SMILES string of the molecule is N#CCC(=O)Nc1cccc(NC(=O)c2ccc(Cl)c(Cl)c2)c1. The van der Waals surface area contributed by atoms with E-state index in [9.17, 15) is 9.59 Å². The van der Waals surface area contributed by atoms with E-state index in [0.29, 0.717) is 22.0 Å². The van der Waals surface area contributed by atoms with E-state index < -0.39 is 5.91 Å². The van der Waals surface area contributed by atoms with Crippen LogP contribution in [0.15, 0.2) is 42.5 Å². The van der Waals surface area contributed by atoms with Gasteiger partial charge in [-0.1, -0.05) is 29.3 Å². The van der Waals surface area contributed by atoms with Gasteiger partial charge < -0.3 is 10.6 Å². The second kappa shape index (κ2) is 7.63. The summed E-state index contributed by atoms with van der Waals surface area (Å²) in [6.07, 6.45) is -0.236. The Hall–Kier alpha value is -2.55. The van der Waals surface area contributed by atoms with Gasteiger partial charge in [-0.2, -0.15) is 5.26 Å². The maximum Gasteiger partial charge on any atom is 0.255 e. The molecule has 23 heavy (non-hydrogen) atoms. The van der Waals surface area contributed by atoms with Gasteiger partial charge in [0.1, 0.15) is 6.42 Å². The van der Waals surface area contributed by atoms with Gasteiger partial charge in [-0.05, 0) is 36.4 Å². The number of amides is 2. The fourth-order valence-corrected chi connectivity index (χ4v) is 2.09. The average Bonchev–Trinajstić information content (AvgIpc) is 2.50. The molecule has 0 bridgehead atoms. The van der Waals surface area contributed by atoms with Gasteiger partial charge in [0, 0.05) is 16.9 Å². The van der Waals surface area contributed by atoms with Crippen LogP contribution in [0.5, 0.6) is 0 Å². The van der Waals surface area contributed by atoms with Gasteiger partial charge in [-0.3, -0.25) is 9.59 Å². The Labute approximate surface area is 142 Å². The van der Waals surface area contributed by atoms with Crippen molar-refractivity contribution in [2.75, 3.05) is 10.6 Å². The largest absolute Gasteiger partial charge is 0.325 e. The molecule has 116 valence electrons. The Kier molecular flexibility index (Phi) is 5.58. The zero-order valence-electron chi connectivity index (χ0n) is 11.8. The summed E-state index contributed by atoms with van der Waals surface area (Å²) in [5.41, 5.74) is 1.34. The fraction of sp³-hybridized carbons (Fsp3) is 0.0625. The molecule has 0 atom stereocenters. The molecule has 0 spiro atoms. The quantitative estimate of drug-likeness (QED) is 0.873. The molecule has 0 radical (unpaired) electrons. The van der Waals surface area contributed by atoms with Gasteiger partial charge >= 0.3 is 0 Å². The number of rotatable bonds is 4. The lowest BCUT2D eigenvalue weighted by molar-refractivity contribution is -0.115. The summed E-state index contributed by atoms with van der Waals surface area (Å²) >= 11 is 11.7. The highest BCUT2D eigenvalue weighted by Crippen LogP contribution is 2.23. The zero-order valence-corrected chi connectivity index (χ0v) is 13.3. The van der Waals surface area contributed by atoms with Crippen LogP contribution < -0.4 is 10.6 Å². The molecule has 2 rings (SSSR count). The van der Waals surface area contributed by atoms with E-state index in [2.05, 4.69) is 10.6 Å². The van der Waals surface area contributed by atoms with Crippen LogP contribution in [0.4, 0.5) is 11.4 Å². The third-order valence-corrected chi connectivity index (χ3v) is 3.56. The number of nitrogens with one attached hydrogen (secondary N) is 2. The topological polar surface area (TPSA) is 82.0 Å². The first kappa shape index (κ1) is 16.8. The van der Waals surface area contributed by atoms with Crippen LogP contribution in [0, 0.1) is 11.3 Å². The number of halogens is 2. The summed E-state index contributed by atoms with van der Waals surface area (Å²) in [6.45, 7) is 0. The molecule has 0 saturated carbocycles. The van der Waals surface area contributed by atoms with E-state index in [-0.39, 0.29) is 17.4 Å². The molecule has 0 aliphatic heterocycles. The molecule has 0 saturated heterocycles. The summed E-state index contributed by atoms with van der Waals surface area (Å²) in [7, 11) is 0. The molecule has 0 aliphatic rings. The van der Waals surface area contributed by atoms with Gasteiger partial charge in [0.15, 0.2) is 0 Å². The highest BCUT2D eigenvalue weighted by molar-refractivity contribution is 6.42. The lowest BCUT2D eigenvalue weighted by Crippen LogP contribution is -2.13. The van der Waals surface area contributed by atoms with Gasteiger partial charge in [-0.25, -0.2) is 0 Å². The predicted molar refractivity (Wildman–Crippen MR) is 89.7 cm³/mol. The zero-order chi connectivity index (χ0) is 16.8. The first-order valence-corrected chi connectivity index (χ1v) is 7.28. The molecule has 5 nitrogen and oxygen atoms in total. The Morgan fingerprint density at radius 3 is 2.35 bits per heavy atom. The number of carbonyl (C=O) groups is 2. The van der Waals surface area contributed by atoms with Crippen molar-refractivity contribution in [1.82, 2.24) is 0 Å². The lowest BCUT2D eigenvalue weighted by atomic mass is 10.2. The molecule has 2 aromatic rings. The number of nitrogens with zero attached hydrogens (tertiary/aromatic N) is 1. The van der Waals surface area contributed by atoms with E-state index >= 15 is 0 Å². The van der Waals surface area contributed by atoms with Crippen LogP contribution in [0.25, 0.3) is 0 Å². The highest BCUT2D eigenvalue weighted by atomic mass is 35.5. The molecule has 0 fully saturated rings. The van der Waals surface area contributed by atoms with Crippen LogP contribution in [0.2, 0.25) is 10.0 Å². The summed E-state index contributed by atoms with van der Waals surface area (Å²) in [4.78, 5) is 23.6. The molecule has 0 aliphatic carbocycles. The number of benzene rings is 2. The van der Waals surface area contributed by atoms with Crippen LogP contribution in [-0.2, 0) is 4.79 Å². The van der Waals surface area contributed by atoms with Crippen molar-refractivity contribution < 1.29 is 9.59 Å². The number of carbonyl (C=O) groups excluding carboxylic acids is 2. The normalized spacial score (nSPS) is 9.78. The molecule has 2 aromatic carbocycles. The molecule has 0 aromatic heterocycles. The van der Waals surface area contributed by atoms with Crippen molar-refractivity contribution in [1.29, 1.82) is 5.26 Å². The molecule has 2 amide bonds. The van der Waals surface area contributed by atoms with Crippen molar-refractivity contribution in [3.05, 3.63) is 58.1 Å². The summed E-state index contributed by atoms with van der Waals surface area (Å²) in [5, 5.41) is 14.4. The Bertz CT molecular complexity index is 800. The third-order valence-electron chi connectivity index (χ3n) is 2.83. The lowest BCUT2D eigenvalue weighted by Gasteiger charge is -2.08. The summed E-state index contributed by atoms with van der Waals surface area (Å²) in [5.74, 6) is -0.774. The monoisotopic (exact) mass is 347 g/mol. The van der Waals surface area contributed by atoms with Crippen LogP contribution in [0.1, 0.15) is 16.8 Å². The van der Waals surface area contributed by atoms with Gasteiger partial charge in [-0.15, -0.1) is 0 Å². The van der Waals surface area contributed by atoms with E-state index in [1.165, 1.54) is 12.1 Å². The van der Waals surface area contributed by atoms with E-state index in [1.807, 2.05) is 0 Å². The van der Waals surface area contributed by atoms with Gasteiger partial charge in [0.05, 0.1) is 16.1 Å². The molecule has 7 heteroatoms. The maximum atomic E-state index is 12.2. The molecule has 0 heterocycles. The smallest absolute Gasteiger partial charge is 0.255 e. The first-order chi connectivity index (χ1) is 11.0. The Morgan fingerprint density at radius 1 is 1.00 bits per heavy atom. The Balaban J connectivity index is 2.10. The van der Waals surface area contributed by atoms with Crippen LogP contribution in [-0.4, -0.2) is 11.8 Å². The minimum absolute atomic E-state index is 0.236. The van der Waals surface area contributed by atoms with Crippen molar-refractivity contribution >= 4 is 46.4 Å². The van der Waals surface area contributed by atoms with Crippen LogP contribution >= 0.6 is 23.2 Å².